The maximum Gasteiger partial charge on any atom is 0.0637 e. The molecule has 0 aromatic heterocycles. The summed E-state index contributed by atoms with van der Waals surface area (Å²) >= 11 is 12.0. The number of hydrogen-bond donors (Lipinski definition) is 1. The van der Waals surface area contributed by atoms with Crippen LogP contribution in [0.2, 0.25) is 10.0 Å². The summed E-state index contributed by atoms with van der Waals surface area (Å²) in [5.41, 5.74) is 6.63. The molecule has 0 aliphatic carbocycles. The van der Waals surface area contributed by atoms with Crippen molar-refractivity contribution >= 4 is 35.6 Å². The fourth-order valence-electron chi connectivity index (χ4n) is 1.28. The Labute approximate surface area is 113 Å². The van der Waals surface area contributed by atoms with Gasteiger partial charge in [0.1, 0.15) is 0 Å². The number of rotatable bonds is 4. The zero-order valence-corrected chi connectivity index (χ0v) is 11.7. The Balaban J connectivity index is 0.00000225. The van der Waals surface area contributed by atoms with E-state index in [-0.39, 0.29) is 12.4 Å². The topological polar surface area (TPSA) is 29.3 Å². The number of nitrogens with zero attached hydrogens (tertiary/aromatic N) is 1. The Kier molecular flexibility index (Phi) is 7.36. The van der Waals surface area contributed by atoms with E-state index in [4.69, 9.17) is 28.9 Å². The zero-order chi connectivity index (χ0) is 11.4. The SMILES string of the molecule is CC(CN)N(C)Cc1cccc(Cl)c1Cl.Cl. The molecule has 2 N–H and O–H groups in total. The second-order valence-electron chi connectivity index (χ2n) is 3.71. The first-order valence-corrected chi connectivity index (χ1v) is 5.65. The molecule has 0 amide bonds. The molecule has 1 atom stereocenters. The van der Waals surface area contributed by atoms with Crippen LogP contribution >= 0.6 is 35.6 Å². The molecule has 1 aromatic carbocycles. The number of hydrogen-bond acceptors (Lipinski definition) is 2. The predicted molar refractivity (Wildman–Crippen MR) is 73.7 cm³/mol. The Morgan fingerprint density at radius 3 is 2.56 bits per heavy atom. The van der Waals surface area contributed by atoms with E-state index in [9.17, 15) is 0 Å². The molecule has 92 valence electrons. The molecule has 0 radical (unpaired) electrons. The highest BCUT2D eigenvalue weighted by atomic mass is 35.5. The molecule has 0 saturated carbocycles. The summed E-state index contributed by atoms with van der Waals surface area (Å²) in [5.74, 6) is 0. The third kappa shape index (κ3) is 4.11. The van der Waals surface area contributed by atoms with Gasteiger partial charge < -0.3 is 5.73 Å². The van der Waals surface area contributed by atoms with E-state index in [0.717, 1.165) is 12.1 Å². The first kappa shape index (κ1) is 16.0. The Morgan fingerprint density at radius 1 is 1.38 bits per heavy atom. The highest BCUT2D eigenvalue weighted by Crippen LogP contribution is 2.26. The minimum Gasteiger partial charge on any atom is -0.329 e. The van der Waals surface area contributed by atoms with Gasteiger partial charge in [0.25, 0.3) is 0 Å². The molecule has 0 aliphatic rings. The monoisotopic (exact) mass is 282 g/mol. The van der Waals surface area contributed by atoms with Gasteiger partial charge in [-0.2, -0.15) is 0 Å². The number of benzene rings is 1. The molecule has 0 saturated heterocycles. The summed E-state index contributed by atoms with van der Waals surface area (Å²) < 4.78 is 0. The van der Waals surface area contributed by atoms with E-state index in [1.807, 2.05) is 19.2 Å². The van der Waals surface area contributed by atoms with Crippen LogP contribution in [-0.4, -0.2) is 24.5 Å². The molecule has 1 unspecified atom stereocenters. The van der Waals surface area contributed by atoms with E-state index in [0.29, 0.717) is 22.6 Å². The van der Waals surface area contributed by atoms with Crippen LogP contribution in [0.15, 0.2) is 18.2 Å². The van der Waals surface area contributed by atoms with E-state index >= 15 is 0 Å². The van der Waals surface area contributed by atoms with E-state index in [2.05, 4.69) is 11.8 Å². The lowest BCUT2D eigenvalue weighted by Gasteiger charge is -2.23. The summed E-state index contributed by atoms with van der Waals surface area (Å²) in [7, 11) is 2.02. The van der Waals surface area contributed by atoms with Crippen LogP contribution in [0.1, 0.15) is 12.5 Å². The second-order valence-corrected chi connectivity index (χ2v) is 4.50. The summed E-state index contributed by atoms with van der Waals surface area (Å²) in [6.45, 7) is 3.48. The standard InChI is InChI=1S/C11H16Cl2N2.ClH/c1-8(6-14)15(2)7-9-4-3-5-10(12)11(9)13;/h3-5,8H,6-7,14H2,1-2H3;1H. The van der Waals surface area contributed by atoms with Crippen LogP contribution in [0.5, 0.6) is 0 Å². The Hall–Kier alpha value is 0.01000. The number of likely N-dealkylation sites (N-methyl/N-ethyl adjacent to an activating group) is 1. The lowest BCUT2D eigenvalue weighted by atomic mass is 10.2. The van der Waals surface area contributed by atoms with E-state index < -0.39 is 0 Å². The van der Waals surface area contributed by atoms with Gasteiger partial charge in [-0.3, -0.25) is 4.90 Å². The van der Waals surface area contributed by atoms with Crippen molar-refractivity contribution in [3.05, 3.63) is 33.8 Å². The normalized spacial score (nSPS) is 12.4. The second kappa shape index (κ2) is 7.36. The van der Waals surface area contributed by atoms with Gasteiger partial charge in [-0.15, -0.1) is 12.4 Å². The predicted octanol–water partition coefficient (Wildman–Crippen LogP) is 3.19. The van der Waals surface area contributed by atoms with Crippen molar-refractivity contribution in [2.45, 2.75) is 19.5 Å². The summed E-state index contributed by atoms with van der Waals surface area (Å²) in [5, 5.41) is 1.23. The molecule has 1 aromatic rings. The molecule has 2 nitrogen and oxygen atoms in total. The van der Waals surface area contributed by atoms with Crippen molar-refractivity contribution < 1.29 is 0 Å². The summed E-state index contributed by atoms with van der Waals surface area (Å²) in [6.07, 6.45) is 0. The van der Waals surface area contributed by atoms with E-state index in [1.165, 1.54) is 0 Å². The molecule has 16 heavy (non-hydrogen) atoms. The quantitative estimate of drug-likeness (QED) is 0.919. The average Bonchev–Trinajstić information content (AvgIpc) is 2.23. The van der Waals surface area contributed by atoms with Crippen LogP contribution in [0, 0.1) is 0 Å². The summed E-state index contributed by atoms with van der Waals surface area (Å²) in [6, 6.07) is 6.01. The average molecular weight is 284 g/mol. The highest BCUT2D eigenvalue weighted by molar-refractivity contribution is 6.42. The van der Waals surface area contributed by atoms with Crippen molar-refractivity contribution in [2.24, 2.45) is 5.73 Å². The van der Waals surface area contributed by atoms with Gasteiger partial charge in [-0.05, 0) is 25.6 Å². The maximum atomic E-state index is 6.10. The number of nitrogens with two attached hydrogens (primary N) is 1. The van der Waals surface area contributed by atoms with Crippen molar-refractivity contribution in [1.29, 1.82) is 0 Å². The third-order valence-corrected chi connectivity index (χ3v) is 3.40. The van der Waals surface area contributed by atoms with Crippen molar-refractivity contribution in [1.82, 2.24) is 4.90 Å². The minimum absolute atomic E-state index is 0. The van der Waals surface area contributed by atoms with E-state index in [1.54, 1.807) is 6.07 Å². The fraction of sp³-hybridized carbons (Fsp3) is 0.455. The van der Waals surface area contributed by atoms with Crippen molar-refractivity contribution in [2.75, 3.05) is 13.6 Å². The largest absolute Gasteiger partial charge is 0.329 e. The number of halogens is 3. The molecule has 0 bridgehead atoms. The summed E-state index contributed by atoms with van der Waals surface area (Å²) in [4.78, 5) is 2.15. The van der Waals surface area contributed by atoms with Crippen molar-refractivity contribution in [3.8, 4) is 0 Å². The van der Waals surface area contributed by atoms with Gasteiger partial charge in [0.15, 0.2) is 0 Å². The lowest BCUT2D eigenvalue weighted by Crippen LogP contribution is -2.34. The van der Waals surface area contributed by atoms with Crippen molar-refractivity contribution in [3.63, 3.8) is 0 Å². The smallest absolute Gasteiger partial charge is 0.0637 e. The maximum absolute atomic E-state index is 6.10. The van der Waals surface area contributed by atoms with Gasteiger partial charge in [-0.25, -0.2) is 0 Å². The van der Waals surface area contributed by atoms with Crippen LogP contribution in [0.25, 0.3) is 0 Å². The third-order valence-electron chi connectivity index (χ3n) is 2.54. The van der Waals surface area contributed by atoms with Gasteiger partial charge in [0.05, 0.1) is 10.0 Å². The Bertz CT molecular complexity index is 331. The van der Waals surface area contributed by atoms with Crippen LogP contribution in [0.4, 0.5) is 0 Å². The first-order chi connectivity index (χ1) is 7.06. The molecule has 0 fully saturated rings. The van der Waals surface area contributed by atoms with Gasteiger partial charge in [0, 0.05) is 19.1 Å². The van der Waals surface area contributed by atoms with Gasteiger partial charge in [-0.1, -0.05) is 35.3 Å². The molecule has 0 aliphatic heterocycles. The molecule has 1 rings (SSSR count). The lowest BCUT2D eigenvalue weighted by molar-refractivity contribution is 0.255. The van der Waals surface area contributed by atoms with Gasteiger partial charge in [0.2, 0.25) is 0 Å². The zero-order valence-electron chi connectivity index (χ0n) is 9.41. The fourth-order valence-corrected chi connectivity index (χ4v) is 1.65. The van der Waals surface area contributed by atoms with Gasteiger partial charge >= 0.3 is 0 Å². The highest BCUT2D eigenvalue weighted by Gasteiger charge is 2.10. The Morgan fingerprint density at radius 2 is 2.00 bits per heavy atom. The molecule has 5 heteroatoms. The van der Waals surface area contributed by atoms with Crippen LogP contribution in [0.3, 0.4) is 0 Å². The molecular weight excluding hydrogens is 266 g/mol. The minimum atomic E-state index is 0. The van der Waals surface area contributed by atoms with Crippen LogP contribution in [-0.2, 0) is 6.54 Å². The molecular formula is C11H17Cl3N2. The first-order valence-electron chi connectivity index (χ1n) is 4.89. The molecule has 0 heterocycles. The molecule has 0 spiro atoms. The van der Waals surface area contributed by atoms with Crippen LogP contribution < -0.4 is 5.73 Å².